The van der Waals surface area contributed by atoms with Crippen molar-refractivity contribution in [3.8, 4) is 6.07 Å². The molecular weight excluding hydrogens is 366 g/mol. The topological polar surface area (TPSA) is 97.6 Å². The molecule has 0 aliphatic rings. The SMILES string of the molecule is CCc1nn(Cc2nc(Cc3cccc(Cl)c3)no2)c(=O)c(C#N)c1CC. The maximum absolute atomic E-state index is 12.6. The van der Waals surface area contributed by atoms with Gasteiger partial charge >= 0.3 is 0 Å². The summed E-state index contributed by atoms with van der Waals surface area (Å²) in [6, 6.07) is 9.41. The largest absolute Gasteiger partial charge is 0.337 e. The second kappa shape index (κ2) is 8.14. The molecule has 2 aromatic heterocycles. The summed E-state index contributed by atoms with van der Waals surface area (Å²) in [5.41, 5.74) is 2.07. The lowest BCUT2D eigenvalue weighted by molar-refractivity contribution is 0.358. The molecule has 7 nitrogen and oxygen atoms in total. The molecule has 0 saturated carbocycles. The number of halogens is 1. The van der Waals surface area contributed by atoms with Crippen molar-refractivity contribution in [2.75, 3.05) is 0 Å². The highest BCUT2D eigenvalue weighted by atomic mass is 35.5. The smallest absolute Gasteiger partial charge is 0.285 e. The van der Waals surface area contributed by atoms with Crippen LogP contribution in [0.1, 0.15) is 47.9 Å². The Bertz CT molecular complexity index is 1060. The number of nitrogens with zero attached hydrogens (tertiary/aromatic N) is 5. The maximum atomic E-state index is 12.6. The average molecular weight is 384 g/mol. The van der Waals surface area contributed by atoms with Gasteiger partial charge in [0.1, 0.15) is 18.2 Å². The Hall–Kier alpha value is -2.98. The van der Waals surface area contributed by atoms with Gasteiger partial charge in [0.05, 0.1) is 5.69 Å². The van der Waals surface area contributed by atoms with Gasteiger partial charge in [-0.2, -0.15) is 15.3 Å². The van der Waals surface area contributed by atoms with E-state index >= 15 is 0 Å². The van der Waals surface area contributed by atoms with Crippen molar-refractivity contribution in [2.45, 2.75) is 39.7 Å². The van der Waals surface area contributed by atoms with E-state index in [1.807, 2.05) is 38.1 Å². The number of rotatable bonds is 6. The minimum Gasteiger partial charge on any atom is -0.337 e. The van der Waals surface area contributed by atoms with Crippen molar-refractivity contribution in [1.82, 2.24) is 19.9 Å². The lowest BCUT2D eigenvalue weighted by Gasteiger charge is -2.10. The standard InChI is InChI=1S/C19H18ClN5O2/c1-3-14-15(10-21)19(26)25(23-16(14)4-2)11-18-22-17(24-27-18)9-12-6-5-7-13(20)8-12/h5-8H,3-4,9,11H2,1-2H3. The minimum atomic E-state index is -0.443. The number of nitriles is 1. The molecule has 27 heavy (non-hydrogen) atoms. The van der Waals surface area contributed by atoms with Gasteiger partial charge in [0.25, 0.3) is 5.56 Å². The van der Waals surface area contributed by atoms with Gasteiger partial charge in [-0.25, -0.2) is 4.68 Å². The van der Waals surface area contributed by atoms with E-state index in [0.717, 1.165) is 11.3 Å². The van der Waals surface area contributed by atoms with E-state index in [2.05, 4.69) is 15.2 Å². The van der Waals surface area contributed by atoms with Crippen LogP contribution in [-0.4, -0.2) is 19.9 Å². The van der Waals surface area contributed by atoms with Crippen LogP contribution in [0.5, 0.6) is 0 Å². The van der Waals surface area contributed by atoms with Crippen LogP contribution >= 0.6 is 11.6 Å². The number of benzene rings is 1. The summed E-state index contributed by atoms with van der Waals surface area (Å²) in [7, 11) is 0. The highest BCUT2D eigenvalue weighted by Gasteiger charge is 2.17. The van der Waals surface area contributed by atoms with Gasteiger partial charge in [-0.3, -0.25) is 4.79 Å². The van der Waals surface area contributed by atoms with Crippen LogP contribution in [0.2, 0.25) is 5.02 Å². The Labute approximate surface area is 161 Å². The zero-order chi connectivity index (χ0) is 19.4. The average Bonchev–Trinajstić information content (AvgIpc) is 3.09. The zero-order valence-corrected chi connectivity index (χ0v) is 15.8. The lowest BCUT2D eigenvalue weighted by atomic mass is 10.0. The summed E-state index contributed by atoms with van der Waals surface area (Å²) in [5, 5.41) is 18.3. The third-order valence-corrected chi connectivity index (χ3v) is 4.42. The molecule has 138 valence electrons. The molecule has 0 spiro atoms. The van der Waals surface area contributed by atoms with Crippen LogP contribution in [0.4, 0.5) is 0 Å². The third-order valence-electron chi connectivity index (χ3n) is 4.19. The predicted molar refractivity (Wildman–Crippen MR) is 99.6 cm³/mol. The first-order valence-corrected chi connectivity index (χ1v) is 9.02. The maximum Gasteiger partial charge on any atom is 0.285 e. The van der Waals surface area contributed by atoms with Gasteiger partial charge < -0.3 is 4.52 Å². The summed E-state index contributed by atoms with van der Waals surface area (Å²) in [4.78, 5) is 16.9. The molecule has 0 fully saturated rings. The number of hydrogen-bond donors (Lipinski definition) is 0. The lowest BCUT2D eigenvalue weighted by Crippen LogP contribution is -2.29. The van der Waals surface area contributed by atoms with Crippen LogP contribution in [0.15, 0.2) is 33.6 Å². The molecule has 0 atom stereocenters. The fraction of sp³-hybridized carbons (Fsp3) is 0.316. The Morgan fingerprint density at radius 1 is 1.30 bits per heavy atom. The van der Waals surface area contributed by atoms with Crippen molar-refractivity contribution < 1.29 is 4.52 Å². The molecule has 0 aliphatic carbocycles. The van der Waals surface area contributed by atoms with Crippen LogP contribution in [0.25, 0.3) is 0 Å². The van der Waals surface area contributed by atoms with Crippen LogP contribution in [0.3, 0.4) is 0 Å². The number of aromatic nitrogens is 4. The second-order valence-electron chi connectivity index (χ2n) is 5.99. The quantitative estimate of drug-likeness (QED) is 0.649. The molecule has 0 saturated heterocycles. The first-order chi connectivity index (χ1) is 13.0. The fourth-order valence-corrected chi connectivity index (χ4v) is 3.14. The van der Waals surface area contributed by atoms with E-state index in [0.29, 0.717) is 35.7 Å². The van der Waals surface area contributed by atoms with Gasteiger partial charge in [-0.15, -0.1) is 0 Å². The summed E-state index contributed by atoms with van der Waals surface area (Å²) >= 11 is 5.99. The predicted octanol–water partition coefficient (Wildman–Crippen LogP) is 2.92. The summed E-state index contributed by atoms with van der Waals surface area (Å²) < 4.78 is 6.47. The van der Waals surface area contributed by atoms with Crippen molar-refractivity contribution in [2.24, 2.45) is 0 Å². The molecule has 0 radical (unpaired) electrons. The highest BCUT2D eigenvalue weighted by Crippen LogP contribution is 2.14. The molecule has 3 rings (SSSR count). The molecule has 0 bridgehead atoms. The normalized spacial score (nSPS) is 10.7. The molecule has 3 aromatic rings. The van der Waals surface area contributed by atoms with Gasteiger partial charge in [-0.05, 0) is 36.1 Å². The van der Waals surface area contributed by atoms with Crippen molar-refractivity contribution in [3.63, 3.8) is 0 Å². The summed E-state index contributed by atoms with van der Waals surface area (Å²) in [6.07, 6.45) is 1.67. The Morgan fingerprint density at radius 2 is 2.11 bits per heavy atom. The Morgan fingerprint density at radius 3 is 2.78 bits per heavy atom. The summed E-state index contributed by atoms with van der Waals surface area (Å²) in [6.45, 7) is 3.86. The molecule has 0 aliphatic heterocycles. The number of aryl methyl sites for hydroxylation is 1. The van der Waals surface area contributed by atoms with Gasteiger partial charge in [0.2, 0.25) is 5.89 Å². The van der Waals surface area contributed by atoms with E-state index in [1.165, 1.54) is 4.68 Å². The Balaban J connectivity index is 1.87. The van der Waals surface area contributed by atoms with Gasteiger partial charge in [0, 0.05) is 11.4 Å². The van der Waals surface area contributed by atoms with Crippen LogP contribution in [-0.2, 0) is 25.8 Å². The van der Waals surface area contributed by atoms with E-state index in [1.54, 1.807) is 6.07 Å². The monoisotopic (exact) mass is 383 g/mol. The number of hydrogen-bond acceptors (Lipinski definition) is 6. The zero-order valence-electron chi connectivity index (χ0n) is 15.1. The molecule has 2 heterocycles. The summed E-state index contributed by atoms with van der Waals surface area (Å²) in [5.74, 6) is 0.749. The third kappa shape index (κ3) is 4.07. The van der Waals surface area contributed by atoms with Crippen LogP contribution in [0, 0.1) is 11.3 Å². The minimum absolute atomic E-state index is 0.0209. The molecule has 0 N–H and O–H groups in total. The van der Waals surface area contributed by atoms with Crippen LogP contribution < -0.4 is 5.56 Å². The first kappa shape index (κ1) is 18.8. The molecular formula is C19H18ClN5O2. The molecule has 8 heteroatoms. The highest BCUT2D eigenvalue weighted by molar-refractivity contribution is 6.30. The van der Waals surface area contributed by atoms with E-state index in [4.69, 9.17) is 16.1 Å². The van der Waals surface area contributed by atoms with Crippen molar-refractivity contribution in [1.29, 1.82) is 5.26 Å². The molecule has 1 aromatic carbocycles. The van der Waals surface area contributed by atoms with Crippen molar-refractivity contribution >= 4 is 11.6 Å². The fourth-order valence-electron chi connectivity index (χ4n) is 2.93. The first-order valence-electron chi connectivity index (χ1n) is 8.64. The van der Waals surface area contributed by atoms with Gasteiger partial charge in [-0.1, -0.05) is 42.7 Å². The van der Waals surface area contributed by atoms with Crippen molar-refractivity contribution in [3.05, 3.63) is 73.7 Å². The molecule has 0 amide bonds. The molecule has 0 unspecified atom stereocenters. The second-order valence-corrected chi connectivity index (χ2v) is 6.43. The van der Waals surface area contributed by atoms with E-state index in [9.17, 15) is 10.1 Å². The van der Waals surface area contributed by atoms with E-state index in [-0.39, 0.29) is 18.0 Å². The van der Waals surface area contributed by atoms with E-state index < -0.39 is 5.56 Å². The Kier molecular flexibility index (Phi) is 5.67. The van der Waals surface area contributed by atoms with Gasteiger partial charge in [0.15, 0.2) is 5.82 Å².